The minimum atomic E-state index is 0.151. The molecule has 0 unspecified atom stereocenters. The second-order valence-corrected chi connectivity index (χ2v) is 14.6. The van der Waals surface area contributed by atoms with Crippen LogP contribution in [0.25, 0.3) is 0 Å². The Bertz CT molecular complexity index is 1970. The molecule has 0 radical (unpaired) electrons. The molecule has 0 bridgehead atoms. The molecule has 0 atom stereocenters. The number of nitrogens with zero attached hydrogens (tertiary/aromatic N) is 4. The molecule has 58 heavy (non-hydrogen) atoms. The molecule has 4 rings (SSSR count). The number of nitrogens with one attached hydrogen (secondary N) is 2. The molecule has 14 nitrogen and oxygen atoms in total. The second kappa shape index (κ2) is 24.3. The highest BCUT2D eigenvalue weighted by Crippen LogP contribution is 2.39. The Morgan fingerprint density at radius 1 is 0.793 bits per heavy atom. The van der Waals surface area contributed by atoms with Crippen LogP contribution in [0.1, 0.15) is 83.9 Å². The van der Waals surface area contributed by atoms with E-state index in [9.17, 15) is 5.26 Å². The Balaban J connectivity index is 0.000000337. The van der Waals surface area contributed by atoms with Gasteiger partial charge in [0.25, 0.3) is 0 Å². The van der Waals surface area contributed by atoms with Gasteiger partial charge >= 0.3 is 0 Å². The van der Waals surface area contributed by atoms with Crippen LogP contribution < -0.4 is 51.5 Å². The zero-order valence-electron chi connectivity index (χ0n) is 36.1. The maximum Gasteiger partial charge on any atom is 0.224 e. The van der Waals surface area contributed by atoms with Crippen molar-refractivity contribution in [2.75, 3.05) is 50.8 Å². The summed E-state index contributed by atoms with van der Waals surface area (Å²) in [6.07, 6.45) is 3.14. The first-order valence-electron chi connectivity index (χ1n) is 19.2. The summed E-state index contributed by atoms with van der Waals surface area (Å²) >= 11 is 0. The average Bonchev–Trinajstić information content (AvgIpc) is 3.19. The van der Waals surface area contributed by atoms with E-state index >= 15 is 0 Å². The van der Waals surface area contributed by atoms with E-state index in [2.05, 4.69) is 79.3 Å². The minimum Gasteiger partial charge on any atom is -0.496 e. The number of nitriles is 1. The predicted octanol–water partition coefficient (Wildman–Crippen LogP) is 8.96. The number of hydrogen-bond acceptors (Lipinski definition) is 12. The van der Waals surface area contributed by atoms with Crippen molar-refractivity contribution in [2.45, 2.75) is 74.1 Å². The summed E-state index contributed by atoms with van der Waals surface area (Å²) in [7, 11) is 4.80. The number of para-hydroxylation sites is 1. The molecule has 0 saturated heterocycles. The summed E-state index contributed by atoms with van der Waals surface area (Å²) in [5.74, 6) is 6.31. The number of nitrogen functional groups attached to an aromatic ring is 1. The lowest BCUT2D eigenvalue weighted by atomic mass is 9.99. The predicted molar refractivity (Wildman–Crippen MR) is 235 cm³/mol. The zero-order chi connectivity index (χ0) is 43.4. The van der Waals surface area contributed by atoms with E-state index in [1.807, 2.05) is 63.2 Å². The van der Waals surface area contributed by atoms with Crippen LogP contribution in [-0.4, -0.2) is 50.3 Å². The molecule has 0 amide bonds. The lowest BCUT2D eigenvalue weighted by molar-refractivity contribution is 0.349. The van der Waals surface area contributed by atoms with E-state index in [0.717, 1.165) is 41.2 Å². The van der Waals surface area contributed by atoms with Gasteiger partial charge < -0.3 is 51.5 Å². The first-order valence-corrected chi connectivity index (χ1v) is 19.2. The van der Waals surface area contributed by atoms with Crippen molar-refractivity contribution in [1.29, 1.82) is 5.26 Å². The molecule has 0 fully saturated rings. The molecule has 4 aromatic rings. The van der Waals surface area contributed by atoms with Gasteiger partial charge in [-0.25, -0.2) is 4.98 Å². The van der Waals surface area contributed by atoms with Gasteiger partial charge in [0.1, 0.15) is 23.3 Å². The Labute approximate surface area is 344 Å². The molecular weight excluding hydrogens is 735 g/mol. The van der Waals surface area contributed by atoms with Crippen molar-refractivity contribution < 1.29 is 23.7 Å². The van der Waals surface area contributed by atoms with Crippen LogP contribution in [0.4, 0.5) is 17.5 Å². The molecular formula is C44H63N9O5. The lowest BCUT2D eigenvalue weighted by Crippen LogP contribution is -2.23. The highest BCUT2D eigenvalue weighted by atomic mass is 16.5. The Morgan fingerprint density at radius 2 is 1.38 bits per heavy atom. The van der Waals surface area contributed by atoms with Crippen molar-refractivity contribution in [1.82, 2.24) is 9.97 Å². The van der Waals surface area contributed by atoms with Crippen LogP contribution in [0.2, 0.25) is 0 Å². The first kappa shape index (κ1) is 47.8. The number of anilines is 3. The van der Waals surface area contributed by atoms with E-state index in [1.165, 1.54) is 6.20 Å². The van der Waals surface area contributed by atoms with Gasteiger partial charge in [0.2, 0.25) is 11.7 Å². The van der Waals surface area contributed by atoms with Crippen molar-refractivity contribution in [3.63, 3.8) is 0 Å². The van der Waals surface area contributed by atoms with Gasteiger partial charge in [0.05, 0.1) is 33.7 Å². The summed E-state index contributed by atoms with van der Waals surface area (Å²) in [6.45, 7) is 20.2. The number of allylic oxidation sites excluding steroid dienone is 1. The largest absolute Gasteiger partial charge is 0.496 e. The van der Waals surface area contributed by atoms with Gasteiger partial charge in [-0.1, -0.05) is 73.6 Å². The maximum atomic E-state index is 9.38. The number of rotatable bonds is 16. The van der Waals surface area contributed by atoms with Crippen molar-refractivity contribution in [2.24, 2.45) is 28.3 Å². The SMILES string of the molecule is CC(C)CN=C(N)N.COc1cc(O/C(C#N)=C/Nc2ccccc2)c(C(C)C)cc1OC.COc1cc(Oc2cnc(NCC(C)C)nc2N)c(C(C)C)cc1C. The van der Waals surface area contributed by atoms with Gasteiger partial charge in [-0.2, -0.15) is 10.2 Å². The number of aryl methyl sites for hydroxylation is 1. The summed E-state index contributed by atoms with van der Waals surface area (Å²) in [6, 6.07) is 19.2. The monoisotopic (exact) mass is 797 g/mol. The summed E-state index contributed by atoms with van der Waals surface area (Å²) < 4.78 is 27.9. The van der Waals surface area contributed by atoms with E-state index < -0.39 is 0 Å². The van der Waals surface area contributed by atoms with Crippen molar-refractivity contribution in [3.05, 3.63) is 89.4 Å². The second-order valence-electron chi connectivity index (χ2n) is 14.6. The minimum absolute atomic E-state index is 0.151. The van der Waals surface area contributed by atoms with Gasteiger partial charge in [0, 0.05) is 36.5 Å². The fourth-order valence-electron chi connectivity index (χ4n) is 5.00. The Kier molecular flexibility index (Phi) is 20.0. The fraction of sp³-hybridized carbons (Fsp3) is 0.409. The topological polar surface area (TPSA) is 210 Å². The Hall–Kier alpha value is -6.36. The van der Waals surface area contributed by atoms with Crippen molar-refractivity contribution >= 4 is 23.4 Å². The maximum absolute atomic E-state index is 9.38. The molecule has 0 aliphatic heterocycles. The molecule has 0 aliphatic rings. The average molecular weight is 798 g/mol. The summed E-state index contributed by atoms with van der Waals surface area (Å²) in [5, 5.41) is 15.6. The highest BCUT2D eigenvalue weighted by molar-refractivity contribution is 5.75. The molecule has 1 heterocycles. The molecule has 14 heteroatoms. The van der Waals surface area contributed by atoms with Gasteiger partial charge in [0.15, 0.2) is 29.0 Å². The first-order chi connectivity index (χ1) is 27.5. The molecule has 0 saturated carbocycles. The smallest absolute Gasteiger partial charge is 0.224 e. The number of guanidine groups is 1. The molecule has 1 aromatic heterocycles. The third-order valence-electron chi connectivity index (χ3n) is 8.07. The molecule has 314 valence electrons. The molecule has 8 N–H and O–H groups in total. The van der Waals surface area contributed by atoms with Crippen LogP contribution in [0, 0.1) is 30.1 Å². The fourth-order valence-corrected chi connectivity index (χ4v) is 5.00. The number of aromatic nitrogens is 2. The molecule has 0 aliphatic carbocycles. The van der Waals surface area contributed by atoms with E-state index in [1.54, 1.807) is 33.6 Å². The zero-order valence-corrected chi connectivity index (χ0v) is 36.1. The Morgan fingerprint density at radius 3 is 1.88 bits per heavy atom. The van der Waals surface area contributed by atoms with E-state index in [0.29, 0.717) is 58.3 Å². The summed E-state index contributed by atoms with van der Waals surface area (Å²) in [4.78, 5) is 12.4. The third kappa shape index (κ3) is 16.0. The standard InChI is InChI=1S/C20H22N2O3.C19H28N4O2.C5H13N3/c1-14(2)17-10-19(23-3)20(24-4)11-18(17)25-16(12-21)13-22-15-8-6-5-7-9-15;1-11(2)9-21-19-22-10-17(18(20)23-19)25-16-8-15(24-6)13(5)7-14(16)12(3)4;1-4(2)3-8-5(6)7/h5-11,13-14,22H,1-4H3;7-8,10-12H,9H2,1-6H3,(H3,20,21,22,23);4H,3H2,1-2H3,(H4,6,7,8)/b16-13+;;. The van der Waals surface area contributed by atoms with Crippen LogP contribution in [0.5, 0.6) is 34.5 Å². The quantitative estimate of drug-likeness (QED) is 0.0311. The van der Waals surface area contributed by atoms with Crippen LogP contribution in [0.15, 0.2) is 77.7 Å². The van der Waals surface area contributed by atoms with Crippen molar-refractivity contribution in [3.8, 4) is 40.6 Å². The van der Waals surface area contributed by atoms with Crippen LogP contribution >= 0.6 is 0 Å². The number of methoxy groups -OCH3 is 3. The van der Waals surface area contributed by atoms with E-state index in [4.69, 9.17) is 40.9 Å². The van der Waals surface area contributed by atoms with Crippen LogP contribution in [0.3, 0.4) is 0 Å². The van der Waals surface area contributed by atoms with Gasteiger partial charge in [-0.05, 0) is 66.0 Å². The van der Waals surface area contributed by atoms with Gasteiger partial charge in [-0.15, -0.1) is 0 Å². The number of nitrogens with two attached hydrogens (primary N) is 3. The highest BCUT2D eigenvalue weighted by Gasteiger charge is 2.17. The number of ether oxygens (including phenoxy) is 5. The normalized spacial score (nSPS) is 10.8. The number of aliphatic imine (C=N–C) groups is 1. The molecule has 3 aromatic carbocycles. The van der Waals surface area contributed by atoms with Crippen LogP contribution in [-0.2, 0) is 0 Å². The summed E-state index contributed by atoms with van der Waals surface area (Å²) in [5.41, 5.74) is 20.1. The lowest BCUT2D eigenvalue weighted by Gasteiger charge is -2.17. The van der Waals surface area contributed by atoms with E-state index in [-0.39, 0.29) is 17.6 Å². The van der Waals surface area contributed by atoms with Gasteiger partial charge in [-0.3, -0.25) is 4.99 Å². The third-order valence-corrected chi connectivity index (χ3v) is 8.07. The number of benzene rings is 3. The molecule has 0 spiro atoms. The number of hydrogen-bond donors (Lipinski definition) is 5.